The number of hydrogen-bond donors (Lipinski definition) is 2. The van der Waals surface area contributed by atoms with Gasteiger partial charge >= 0.3 is 5.97 Å². The second-order valence-electron chi connectivity index (χ2n) is 4.76. The lowest BCUT2D eigenvalue weighted by Crippen LogP contribution is -2.02. The van der Waals surface area contributed by atoms with E-state index in [1.807, 2.05) is 0 Å². The molecule has 3 aromatic rings. The Labute approximate surface area is 131 Å². The lowest BCUT2D eigenvalue weighted by Gasteiger charge is -2.07. The number of carboxylic acid groups (broad SMARTS) is 1. The first-order chi connectivity index (χ1) is 11.1. The number of carboxylic acids is 1. The van der Waals surface area contributed by atoms with Crippen LogP contribution in [0.5, 0.6) is 17.2 Å². The molecule has 3 rings (SSSR count). The highest BCUT2D eigenvalue weighted by molar-refractivity contribution is 5.93. The second-order valence-corrected chi connectivity index (χ2v) is 4.76. The molecule has 0 saturated heterocycles. The standard InChI is InChI=1S/C16H14N2O5/c1-22-10-6-7-11-15(16(20)21)17-14(18(11)8-10)9-23-13-5-3-2-4-12(13)19/h2-8,19H,9H2,1H3,(H,20,21). The number of imidazole rings is 1. The average Bonchev–Trinajstić information content (AvgIpc) is 2.92. The van der Waals surface area contributed by atoms with Gasteiger partial charge in [-0.1, -0.05) is 12.1 Å². The third-order valence-electron chi connectivity index (χ3n) is 3.34. The molecule has 0 aliphatic rings. The SMILES string of the molecule is COc1ccc2c(C(=O)O)nc(COc3ccccc3O)n2c1. The van der Waals surface area contributed by atoms with Crippen molar-refractivity contribution in [3.05, 3.63) is 54.1 Å². The molecular weight excluding hydrogens is 300 g/mol. The number of ether oxygens (including phenoxy) is 2. The van der Waals surface area contributed by atoms with Gasteiger partial charge < -0.3 is 19.7 Å². The van der Waals surface area contributed by atoms with Crippen molar-refractivity contribution < 1.29 is 24.5 Å². The number of rotatable bonds is 5. The quantitative estimate of drug-likeness (QED) is 0.751. The number of aromatic hydroxyl groups is 1. The first-order valence-corrected chi connectivity index (χ1v) is 6.79. The molecule has 23 heavy (non-hydrogen) atoms. The highest BCUT2D eigenvalue weighted by atomic mass is 16.5. The monoisotopic (exact) mass is 314 g/mol. The Morgan fingerprint density at radius 2 is 2.04 bits per heavy atom. The van der Waals surface area contributed by atoms with Gasteiger partial charge in [0.15, 0.2) is 23.0 Å². The van der Waals surface area contributed by atoms with Crippen LogP contribution >= 0.6 is 0 Å². The highest BCUT2D eigenvalue weighted by Crippen LogP contribution is 2.26. The zero-order valence-electron chi connectivity index (χ0n) is 12.3. The minimum atomic E-state index is -1.12. The summed E-state index contributed by atoms with van der Waals surface area (Å²) in [5, 5.41) is 19.0. The summed E-state index contributed by atoms with van der Waals surface area (Å²) < 4.78 is 12.3. The summed E-state index contributed by atoms with van der Waals surface area (Å²) >= 11 is 0. The molecule has 0 spiro atoms. The van der Waals surface area contributed by atoms with Gasteiger partial charge in [-0.05, 0) is 24.3 Å². The number of methoxy groups -OCH3 is 1. The number of nitrogens with zero attached hydrogens (tertiary/aromatic N) is 2. The highest BCUT2D eigenvalue weighted by Gasteiger charge is 2.17. The molecule has 0 aliphatic carbocycles. The molecule has 2 N–H and O–H groups in total. The first-order valence-electron chi connectivity index (χ1n) is 6.79. The molecule has 0 bridgehead atoms. The van der Waals surface area contributed by atoms with Crippen molar-refractivity contribution in [3.63, 3.8) is 0 Å². The van der Waals surface area contributed by atoms with Crippen molar-refractivity contribution in [1.82, 2.24) is 9.38 Å². The third-order valence-corrected chi connectivity index (χ3v) is 3.34. The number of aromatic nitrogens is 2. The smallest absolute Gasteiger partial charge is 0.356 e. The van der Waals surface area contributed by atoms with E-state index in [0.717, 1.165) is 0 Å². The number of pyridine rings is 1. The normalized spacial score (nSPS) is 10.7. The first kappa shape index (κ1) is 14.7. The van der Waals surface area contributed by atoms with E-state index in [4.69, 9.17) is 9.47 Å². The summed E-state index contributed by atoms with van der Waals surface area (Å²) in [6.45, 7) is -0.000806. The summed E-state index contributed by atoms with van der Waals surface area (Å²) in [6.07, 6.45) is 1.64. The van der Waals surface area contributed by atoms with Gasteiger partial charge in [-0.25, -0.2) is 9.78 Å². The Balaban J connectivity index is 1.99. The van der Waals surface area contributed by atoms with E-state index in [0.29, 0.717) is 22.8 Å². The maximum atomic E-state index is 11.3. The topological polar surface area (TPSA) is 93.3 Å². The van der Waals surface area contributed by atoms with Crippen LogP contribution in [0.1, 0.15) is 16.3 Å². The molecule has 0 unspecified atom stereocenters. The molecule has 0 radical (unpaired) electrons. The molecule has 2 heterocycles. The summed E-state index contributed by atoms with van der Waals surface area (Å²) in [4.78, 5) is 15.4. The predicted molar refractivity (Wildman–Crippen MR) is 81.1 cm³/mol. The lowest BCUT2D eigenvalue weighted by molar-refractivity contribution is 0.0693. The Morgan fingerprint density at radius 3 is 2.74 bits per heavy atom. The fourth-order valence-electron chi connectivity index (χ4n) is 2.23. The summed E-state index contributed by atoms with van der Waals surface area (Å²) in [5.74, 6) is 0.130. The minimum Gasteiger partial charge on any atom is -0.504 e. The van der Waals surface area contributed by atoms with Crippen LogP contribution in [0.15, 0.2) is 42.6 Å². The number of fused-ring (bicyclic) bond motifs is 1. The molecular formula is C16H14N2O5. The minimum absolute atomic E-state index is 0.000806. The van der Waals surface area contributed by atoms with Crippen molar-refractivity contribution in [2.45, 2.75) is 6.61 Å². The fourth-order valence-corrected chi connectivity index (χ4v) is 2.23. The van der Waals surface area contributed by atoms with Crippen LogP contribution in [-0.2, 0) is 6.61 Å². The molecule has 1 aromatic carbocycles. The van der Waals surface area contributed by atoms with Crippen LogP contribution in [0.25, 0.3) is 5.52 Å². The number of phenols is 1. The summed E-state index contributed by atoms with van der Waals surface area (Å²) in [6, 6.07) is 9.81. The zero-order chi connectivity index (χ0) is 16.4. The molecule has 0 aliphatic heterocycles. The van der Waals surface area contributed by atoms with E-state index < -0.39 is 5.97 Å². The van der Waals surface area contributed by atoms with E-state index in [-0.39, 0.29) is 18.1 Å². The maximum absolute atomic E-state index is 11.3. The summed E-state index contributed by atoms with van der Waals surface area (Å²) in [7, 11) is 1.52. The Bertz CT molecular complexity index is 872. The number of phenolic OH excluding ortho intramolecular Hbond substituents is 1. The fraction of sp³-hybridized carbons (Fsp3) is 0.125. The van der Waals surface area contributed by atoms with E-state index in [9.17, 15) is 15.0 Å². The van der Waals surface area contributed by atoms with Crippen molar-refractivity contribution in [1.29, 1.82) is 0 Å². The van der Waals surface area contributed by atoms with E-state index in [2.05, 4.69) is 4.98 Å². The Kier molecular flexibility index (Phi) is 3.76. The van der Waals surface area contributed by atoms with Crippen LogP contribution in [0.3, 0.4) is 0 Å². The van der Waals surface area contributed by atoms with Crippen molar-refractivity contribution in [2.24, 2.45) is 0 Å². The zero-order valence-corrected chi connectivity index (χ0v) is 12.3. The van der Waals surface area contributed by atoms with E-state index in [1.54, 1.807) is 40.9 Å². The maximum Gasteiger partial charge on any atom is 0.356 e. The number of para-hydroxylation sites is 2. The second kappa shape index (κ2) is 5.88. The van der Waals surface area contributed by atoms with Gasteiger partial charge in [0.25, 0.3) is 0 Å². The number of benzene rings is 1. The molecule has 0 saturated carbocycles. The Hall–Kier alpha value is -3.22. The van der Waals surface area contributed by atoms with Gasteiger partial charge in [-0.2, -0.15) is 0 Å². The van der Waals surface area contributed by atoms with Gasteiger partial charge in [-0.15, -0.1) is 0 Å². The number of aromatic carboxylic acids is 1. The van der Waals surface area contributed by atoms with Crippen molar-refractivity contribution in [3.8, 4) is 17.2 Å². The van der Waals surface area contributed by atoms with E-state index in [1.165, 1.54) is 13.2 Å². The molecule has 0 atom stereocenters. The summed E-state index contributed by atoms with van der Waals surface area (Å²) in [5.41, 5.74) is 0.373. The molecule has 7 nitrogen and oxygen atoms in total. The molecule has 0 amide bonds. The Morgan fingerprint density at radius 1 is 1.26 bits per heavy atom. The molecule has 0 fully saturated rings. The van der Waals surface area contributed by atoms with E-state index >= 15 is 0 Å². The third kappa shape index (κ3) is 2.76. The van der Waals surface area contributed by atoms with Crippen LogP contribution in [-0.4, -0.2) is 32.7 Å². The molecule has 7 heteroatoms. The largest absolute Gasteiger partial charge is 0.504 e. The van der Waals surface area contributed by atoms with Gasteiger partial charge in [-0.3, -0.25) is 4.40 Å². The predicted octanol–water partition coefficient (Wildman–Crippen LogP) is 2.33. The van der Waals surface area contributed by atoms with Crippen molar-refractivity contribution >= 4 is 11.5 Å². The molecule has 118 valence electrons. The average molecular weight is 314 g/mol. The van der Waals surface area contributed by atoms with Crippen LogP contribution in [0.2, 0.25) is 0 Å². The number of carbonyl (C=O) groups is 1. The van der Waals surface area contributed by atoms with Crippen LogP contribution in [0.4, 0.5) is 0 Å². The number of hydrogen-bond acceptors (Lipinski definition) is 5. The molecule has 2 aromatic heterocycles. The van der Waals surface area contributed by atoms with Crippen LogP contribution < -0.4 is 9.47 Å². The van der Waals surface area contributed by atoms with Crippen LogP contribution in [0, 0.1) is 0 Å². The van der Waals surface area contributed by atoms with Crippen molar-refractivity contribution in [2.75, 3.05) is 7.11 Å². The van der Waals surface area contributed by atoms with Gasteiger partial charge in [0.1, 0.15) is 12.4 Å². The lowest BCUT2D eigenvalue weighted by atomic mass is 10.3. The van der Waals surface area contributed by atoms with Gasteiger partial charge in [0, 0.05) is 0 Å². The van der Waals surface area contributed by atoms with Gasteiger partial charge in [0.2, 0.25) is 0 Å². The van der Waals surface area contributed by atoms with Gasteiger partial charge in [0.05, 0.1) is 18.8 Å².